The number of thiophene rings is 1. The molecule has 0 atom stereocenters. The van der Waals surface area contributed by atoms with Crippen molar-refractivity contribution in [2.75, 3.05) is 6.54 Å². The van der Waals surface area contributed by atoms with E-state index in [1.165, 1.54) is 16.2 Å². The summed E-state index contributed by atoms with van der Waals surface area (Å²) in [6, 6.07) is 0. The van der Waals surface area contributed by atoms with Gasteiger partial charge in [0.05, 0.1) is 18.7 Å². The third-order valence-corrected chi connectivity index (χ3v) is 4.82. The molecule has 0 N–H and O–H groups in total. The molecule has 1 aliphatic heterocycles. The van der Waals surface area contributed by atoms with Gasteiger partial charge in [0, 0.05) is 6.54 Å². The molecular weight excluding hydrogens is 358 g/mol. The number of hydrogen-bond acceptors (Lipinski definition) is 3. The molecule has 16 heavy (non-hydrogen) atoms. The summed E-state index contributed by atoms with van der Waals surface area (Å²) in [5.74, 6) is -0.108. The Morgan fingerprint density at radius 1 is 1.12 bits per heavy atom. The van der Waals surface area contributed by atoms with Gasteiger partial charge in [0.25, 0.3) is 11.8 Å². The van der Waals surface area contributed by atoms with E-state index in [0.29, 0.717) is 17.7 Å². The molecule has 2 amide bonds. The molecule has 1 aliphatic rings. The molecule has 6 heteroatoms. The van der Waals surface area contributed by atoms with Gasteiger partial charge in [-0.25, -0.2) is 0 Å². The molecule has 0 spiro atoms. The lowest BCUT2D eigenvalue weighted by atomic mass is 10.2. The Labute approximate surface area is 114 Å². The van der Waals surface area contributed by atoms with Crippen LogP contribution in [0.5, 0.6) is 0 Å². The lowest BCUT2D eigenvalue weighted by Crippen LogP contribution is -2.33. The maximum atomic E-state index is 12.0. The Morgan fingerprint density at radius 2 is 1.56 bits per heavy atom. The number of hydrogen-bond donors (Lipinski definition) is 0. The molecule has 0 fully saturated rings. The van der Waals surface area contributed by atoms with Crippen molar-refractivity contribution in [2.45, 2.75) is 13.8 Å². The molecule has 0 unspecified atom stereocenters. The predicted octanol–water partition coefficient (Wildman–Crippen LogP) is 3.53. The van der Waals surface area contributed by atoms with Gasteiger partial charge < -0.3 is 0 Å². The average molecular weight is 367 g/mol. The number of rotatable bonds is 2. The Morgan fingerprint density at radius 3 is 1.94 bits per heavy atom. The molecule has 0 saturated carbocycles. The predicted molar refractivity (Wildman–Crippen MR) is 69.9 cm³/mol. The van der Waals surface area contributed by atoms with Crippen LogP contribution in [0.15, 0.2) is 7.57 Å². The first-order valence-electron chi connectivity index (χ1n) is 4.77. The topological polar surface area (TPSA) is 37.4 Å². The van der Waals surface area contributed by atoms with E-state index in [1.807, 2.05) is 13.8 Å². The summed E-state index contributed by atoms with van der Waals surface area (Å²) in [6.45, 7) is 4.43. The summed E-state index contributed by atoms with van der Waals surface area (Å²) in [4.78, 5) is 25.4. The highest BCUT2D eigenvalue weighted by molar-refractivity contribution is 9.12. The second kappa shape index (κ2) is 4.23. The zero-order valence-corrected chi connectivity index (χ0v) is 12.7. The van der Waals surface area contributed by atoms with Crippen molar-refractivity contribution in [3.05, 3.63) is 18.7 Å². The maximum absolute atomic E-state index is 12.0. The van der Waals surface area contributed by atoms with Crippen molar-refractivity contribution in [3.8, 4) is 0 Å². The number of carbonyl (C=O) groups is 2. The van der Waals surface area contributed by atoms with Crippen molar-refractivity contribution in [1.82, 2.24) is 4.90 Å². The highest BCUT2D eigenvalue weighted by atomic mass is 79.9. The van der Waals surface area contributed by atoms with Gasteiger partial charge >= 0.3 is 0 Å². The van der Waals surface area contributed by atoms with Gasteiger partial charge in [-0.1, -0.05) is 13.8 Å². The van der Waals surface area contributed by atoms with Crippen molar-refractivity contribution >= 4 is 55.0 Å². The molecule has 86 valence electrons. The molecule has 0 aliphatic carbocycles. The van der Waals surface area contributed by atoms with Gasteiger partial charge in [-0.2, -0.15) is 0 Å². The minimum atomic E-state index is -0.192. The Bertz CT molecular complexity index is 445. The molecule has 3 nitrogen and oxygen atoms in total. The van der Waals surface area contributed by atoms with Crippen molar-refractivity contribution in [3.63, 3.8) is 0 Å². The van der Waals surface area contributed by atoms with Crippen LogP contribution in [0.3, 0.4) is 0 Å². The summed E-state index contributed by atoms with van der Waals surface area (Å²) in [5.41, 5.74) is 1.00. The van der Waals surface area contributed by atoms with Crippen LogP contribution in [0.25, 0.3) is 0 Å². The third kappa shape index (κ3) is 1.76. The fourth-order valence-corrected chi connectivity index (χ4v) is 4.75. The van der Waals surface area contributed by atoms with E-state index in [1.54, 1.807) is 0 Å². The van der Waals surface area contributed by atoms with Crippen LogP contribution in [-0.2, 0) is 0 Å². The van der Waals surface area contributed by atoms with Crippen LogP contribution < -0.4 is 0 Å². The molecule has 0 bridgehead atoms. The van der Waals surface area contributed by atoms with Crippen LogP contribution in [0.2, 0.25) is 0 Å². The van der Waals surface area contributed by atoms with E-state index in [2.05, 4.69) is 31.9 Å². The first-order chi connectivity index (χ1) is 7.43. The smallest absolute Gasteiger partial charge is 0.263 e. The largest absolute Gasteiger partial charge is 0.274 e. The Balaban J connectivity index is 2.45. The van der Waals surface area contributed by atoms with Gasteiger partial charge in [0.15, 0.2) is 0 Å². The maximum Gasteiger partial charge on any atom is 0.263 e. The fraction of sp³-hybridized carbons (Fsp3) is 0.400. The molecule has 0 saturated heterocycles. The van der Waals surface area contributed by atoms with Crippen LogP contribution in [-0.4, -0.2) is 23.3 Å². The molecule has 0 aromatic carbocycles. The van der Waals surface area contributed by atoms with Gasteiger partial charge in [0.2, 0.25) is 0 Å². The second-order valence-corrected chi connectivity index (χ2v) is 7.67. The highest BCUT2D eigenvalue weighted by Crippen LogP contribution is 2.41. The van der Waals surface area contributed by atoms with Gasteiger partial charge in [-0.3, -0.25) is 14.5 Å². The number of fused-ring (bicyclic) bond motifs is 1. The molecule has 1 aromatic heterocycles. The van der Waals surface area contributed by atoms with Crippen molar-refractivity contribution in [2.24, 2.45) is 5.92 Å². The zero-order valence-electron chi connectivity index (χ0n) is 8.71. The van der Waals surface area contributed by atoms with Crippen molar-refractivity contribution in [1.29, 1.82) is 0 Å². The summed E-state index contributed by atoms with van der Waals surface area (Å²) in [6.07, 6.45) is 0. The molecule has 0 radical (unpaired) electrons. The molecular formula is C10H9Br2NO2S. The highest BCUT2D eigenvalue weighted by Gasteiger charge is 2.40. The number of carbonyl (C=O) groups excluding carboxylic acids is 2. The van der Waals surface area contributed by atoms with E-state index in [-0.39, 0.29) is 17.7 Å². The number of nitrogens with zero attached hydrogens (tertiary/aromatic N) is 1. The van der Waals surface area contributed by atoms with E-state index in [9.17, 15) is 9.59 Å². The third-order valence-electron chi connectivity index (χ3n) is 2.29. The minimum absolute atomic E-state index is 0.192. The normalized spacial score (nSPS) is 15.2. The van der Waals surface area contributed by atoms with Crippen LogP contribution in [0, 0.1) is 5.92 Å². The summed E-state index contributed by atoms with van der Waals surface area (Å²) in [5, 5.41) is 0. The minimum Gasteiger partial charge on any atom is -0.274 e. The first kappa shape index (κ1) is 12.3. The molecule has 2 rings (SSSR count). The average Bonchev–Trinajstić information content (AvgIpc) is 2.58. The van der Waals surface area contributed by atoms with Gasteiger partial charge in [-0.15, -0.1) is 11.3 Å². The summed E-state index contributed by atoms with van der Waals surface area (Å²) < 4.78 is 1.44. The molecule has 1 aromatic rings. The Kier molecular flexibility index (Phi) is 3.25. The lowest BCUT2D eigenvalue weighted by molar-refractivity contribution is 0.0635. The van der Waals surface area contributed by atoms with E-state index in [0.717, 1.165) is 7.57 Å². The Hall–Kier alpha value is -0.200. The van der Waals surface area contributed by atoms with E-state index in [4.69, 9.17) is 0 Å². The van der Waals surface area contributed by atoms with Crippen LogP contribution in [0.1, 0.15) is 34.6 Å². The first-order valence-corrected chi connectivity index (χ1v) is 7.17. The monoisotopic (exact) mass is 365 g/mol. The van der Waals surface area contributed by atoms with E-state index < -0.39 is 0 Å². The van der Waals surface area contributed by atoms with Gasteiger partial charge in [-0.05, 0) is 37.8 Å². The lowest BCUT2D eigenvalue weighted by Gasteiger charge is -2.16. The summed E-state index contributed by atoms with van der Waals surface area (Å²) in [7, 11) is 0. The quantitative estimate of drug-likeness (QED) is 0.751. The van der Waals surface area contributed by atoms with Crippen LogP contribution in [0.4, 0.5) is 0 Å². The zero-order chi connectivity index (χ0) is 12.0. The molecule has 2 heterocycles. The fourth-order valence-electron chi connectivity index (χ4n) is 1.65. The van der Waals surface area contributed by atoms with Crippen molar-refractivity contribution < 1.29 is 9.59 Å². The van der Waals surface area contributed by atoms with E-state index >= 15 is 0 Å². The number of imide groups is 1. The number of halogens is 2. The van der Waals surface area contributed by atoms with Crippen LogP contribution >= 0.6 is 43.2 Å². The standard InChI is InChI=1S/C10H9Br2NO2S/c1-4(2)3-13-9(14)5-6(10(13)15)8(12)16-7(5)11/h4H,3H2,1-2H3. The summed E-state index contributed by atoms with van der Waals surface area (Å²) >= 11 is 8.00. The second-order valence-electron chi connectivity index (χ2n) is 4.01. The number of amides is 2. The van der Waals surface area contributed by atoms with Gasteiger partial charge in [0.1, 0.15) is 0 Å². The SMILES string of the molecule is CC(C)CN1C(=O)c2c(Br)sc(Br)c2C1=O.